The molecule has 1 N–H and O–H groups in total. The SMILES string of the molecule is O=C(N1CC2OCCC2(C(=O)O)C1)C(F)(F)F. The van der Waals surface area contributed by atoms with E-state index in [2.05, 4.69) is 0 Å². The molecule has 96 valence electrons. The summed E-state index contributed by atoms with van der Waals surface area (Å²) in [7, 11) is 0. The normalized spacial score (nSPS) is 32.6. The Balaban J connectivity index is 2.19. The fourth-order valence-electron chi connectivity index (χ4n) is 2.36. The highest BCUT2D eigenvalue weighted by Gasteiger charge is 2.59. The first kappa shape index (κ1) is 12.2. The topological polar surface area (TPSA) is 66.8 Å². The van der Waals surface area contributed by atoms with Crippen molar-refractivity contribution in [3.8, 4) is 0 Å². The number of carboxylic acid groups (broad SMARTS) is 1. The van der Waals surface area contributed by atoms with Crippen molar-refractivity contribution in [3.63, 3.8) is 0 Å². The third-order valence-corrected chi connectivity index (χ3v) is 3.30. The summed E-state index contributed by atoms with van der Waals surface area (Å²) >= 11 is 0. The van der Waals surface area contributed by atoms with Gasteiger partial charge in [0.2, 0.25) is 0 Å². The lowest BCUT2D eigenvalue weighted by molar-refractivity contribution is -0.185. The van der Waals surface area contributed by atoms with E-state index in [1.165, 1.54) is 0 Å². The Morgan fingerprint density at radius 3 is 2.53 bits per heavy atom. The third-order valence-electron chi connectivity index (χ3n) is 3.30. The molecule has 2 unspecified atom stereocenters. The standard InChI is InChI=1S/C9H10F3NO4/c10-9(11,12)6(14)13-3-5-8(4-13,7(15)16)1-2-17-5/h5H,1-4H2,(H,15,16). The largest absolute Gasteiger partial charge is 0.481 e. The van der Waals surface area contributed by atoms with Gasteiger partial charge in [0, 0.05) is 19.7 Å². The van der Waals surface area contributed by atoms with Crippen molar-refractivity contribution in [2.75, 3.05) is 19.7 Å². The molecule has 1 amide bonds. The molecule has 5 nitrogen and oxygen atoms in total. The van der Waals surface area contributed by atoms with Crippen LogP contribution in [-0.2, 0) is 14.3 Å². The van der Waals surface area contributed by atoms with Crippen molar-refractivity contribution in [1.29, 1.82) is 0 Å². The maximum Gasteiger partial charge on any atom is 0.471 e. The second-order valence-corrected chi connectivity index (χ2v) is 4.25. The molecule has 0 spiro atoms. The van der Waals surface area contributed by atoms with Crippen LogP contribution < -0.4 is 0 Å². The van der Waals surface area contributed by atoms with Crippen molar-refractivity contribution in [1.82, 2.24) is 4.90 Å². The highest BCUT2D eigenvalue weighted by atomic mass is 19.4. The van der Waals surface area contributed by atoms with E-state index in [4.69, 9.17) is 9.84 Å². The first-order valence-corrected chi connectivity index (χ1v) is 4.98. The lowest BCUT2D eigenvalue weighted by Crippen LogP contribution is -2.42. The molecule has 2 heterocycles. The van der Waals surface area contributed by atoms with E-state index in [0.29, 0.717) is 4.90 Å². The average Bonchev–Trinajstić information content (AvgIpc) is 2.70. The van der Waals surface area contributed by atoms with Crippen LogP contribution in [0.2, 0.25) is 0 Å². The van der Waals surface area contributed by atoms with Crippen LogP contribution in [0.25, 0.3) is 0 Å². The Labute approximate surface area is 94.1 Å². The van der Waals surface area contributed by atoms with Crippen molar-refractivity contribution >= 4 is 11.9 Å². The number of halogens is 3. The van der Waals surface area contributed by atoms with Gasteiger partial charge in [-0.1, -0.05) is 0 Å². The zero-order valence-electron chi connectivity index (χ0n) is 8.66. The number of carbonyl (C=O) groups is 2. The van der Waals surface area contributed by atoms with E-state index >= 15 is 0 Å². The molecule has 0 aromatic rings. The van der Waals surface area contributed by atoms with Gasteiger partial charge in [0.15, 0.2) is 0 Å². The molecule has 2 fully saturated rings. The summed E-state index contributed by atoms with van der Waals surface area (Å²) in [6.07, 6.45) is -5.68. The molecule has 0 bridgehead atoms. The Morgan fingerprint density at radius 2 is 2.06 bits per heavy atom. The summed E-state index contributed by atoms with van der Waals surface area (Å²) < 4.78 is 41.8. The van der Waals surface area contributed by atoms with Gasteiger partial charge < -0.3 is 14.7 Å². The molecule has 0 aromatic heterocycles. The van der Waals surface area contributed by atoms with Crippen LogP contribution >= 0.6 is 0 Å². The molecule has 0 aliphatic carbocycles. The second-order valence-electron chi connectivity index (χ2n) is 4.25. The maximum absolute atomic E-state index is 12.2. The number of hydrogen-bond donors (Lipinski definition) is 1. The zero-order valence-corrected chi connectivity index (χ0v) is 8.66. The van der Waals surface area contributed by atoms with Gasteiger partial charge in [0.25, 0.3) is 0 Å². The van der Waals surface area contributed by atoms with Crippen molar-refractivity contribution in [2.24, 2.45) is 5.41 Å². The van der Waals surface area contributed by atoms with E-state index < -0.39 is 36.1 Å². The highest BCUT2D eigenvalue weighted by molar-refractivity contribution is 5.85. The number of hydrogen-bond acceptors (Lipinski definition) is 3. The van der Waals surface area contributed by atoms with Gasteiger partial charge in [-0.25, -0.2) is 0 Å². The molecule has 2 atom stereocenters. The molecular weight excluding hydrogens is 243 g/mol. The van der Waals surface area contributed by atoms with Crippen LogP contribution in [0.5, 0.6) is 0 Å². The highest BCUT2D eigenvalue weighted by Crippen LogP contribution is 2.42. The number of alkyl halides is 3. The van der Waals surface area contributed by atoms with E-state index in [1.807, 2.05) is 0 Å². The van der Waals surface area contributed by atoms with Crippen molar-refractivity contribution < 1.29 is 32.6 Å². The predicted molar refractivity (Wildman–Crippen MR) is 47.1 cm³/mol. The van der Waals surface area contributed by atoms with Crippen LogP contribution in [0.3, 0.4) is 0 Å². The minimum absolute atomic E-state index is 0.134. The fraction of sp³-hybridized carbons (Fsp3) is 0.778. The molecule has 17 heavy (non-hydrogen) atoms. The van der Waals surface area contributed by atoms with Gasteiger partial charge >= 0.3 is 18.1 Å². The number of fused-ring (bicyclic) bond motifs is 1. The van der Waals surface area contributed by atoms with Gasteiger partial charge in [-0.05, 0) is 6.42 Å². The predicted octanol–water partition coefficient (Wildman–Crippen LogP) is 0.251. The number of carbonyl (C=O) groups excluding carboxylic acids is 1. The van der Waals surface area contributed by atoms with Gasteiger partial charge in [0.05, 0.1) is 6.10 Å². The first-order chi connectivity index (χ1) is 7.77. The molecule has 0 aromatic carbocycles. The minimum Gasteiger partial charge on any atom is -0.481 e. The quantitative estimate of drug-likeness (QED) is 0.727. The summed E-state index contributed by atoms with van der Waals surface area (Å²) in [5.74, 6) is -3.21. The number of aliphatic carboxylic acids is 1. The Hall–Kier alpha value is -1.31. The van der Waals surface area contributed by atoms with Crippen LogP contribution in [0.15, 0.2) is 0 Å². The van der Waals surface area contributed by atoms with E-state index in [-0.39, 0.29) is 19.6 Å². The van der Waals surface area contributed by atoms with Crippen LogP contribution in [0, 0.1) is 5.41 Å². The maximum atomic E-state index is 12.2. The van der Waals surface area contributed by atoms with E-state index in [0.717, 1.165) is 0 Å². The lowest BCUT2D eigenvalue weighted by atomic mass is 9.84. The molecule has 2 aliphatic rings. The summed E-state index contributed by atoms with van der Waals surface area (Å²) in [5.41, 5.74) is -1.37. The smallest absolute Gasteiger partial charge is 0.471 e. The molecule has 2 aliphatic heterocycles. The summed E-state index contributed by atoms with van der Waals surface area (Å²) in [6, 6.07) is 0. The third kappa shape index (κ3) is 1.76. The lowest BCUT2D eigenvalue weighted by Gasteiger charge is -2.22. The van der Waals surface area contributed by atoms with Gasteiger partial charge in [-0.2, -0.15) is 13.2 Å². The average molecular weight is 253 g/mol. The zero-order chi connectivity index (χ0) is 12.8. The number of nitrogens with zero attached hydrogens (tertiary/aromatic N) is 1. The number of amides is 1. The number of carboxylic acids is 1. The van der Waals surface area contributed by atoms with Crippen LogP contribution in [0.4, 0.5) is 13.2 Å². The molecular formula is C9H10F3NO4. The van der Waals surface area contributed by atoms with Crippen LogP contribution in [-0.4, -0.2) is 53.9 Å². The monoisotopic (exact) mass is 253 g/mol. The minimum atomic E-state index is -4.97. The second kappa shape index (κ2) is 3.59. The first-order valence-electron chi connectivity index (χ1n) is 4.98. The molecule has 8 heteroatoms. The van der Waals surface area contributed by atoms with E-state index in [9.17, 15) is 22.8 Å². The van der Waals surface area contributed by atoms with E-state index in [1.54, 1.807) is 0 Å². The number of ether oxygens (including phenoxy) is 1. The number of rotatable bonds is 1. The van der Waals surface area contributed by atoms with Gasteiger partial charge in [-0.15, -0.1) is 0 Å². The Kier molecular flexibility index (Phi) is 2.57. The van der Waals surface area contributed by atoms with Crippen LogP contribution in [0.1, 0.15) is 6.42 Å². The van der Waals surface area contributed by atoms with Gasteiger partial charge in [0.1, 0.15) is 5.41 Å². The van der Waals surface area contributed by atoms with Crippen molar-refractivity contribution in [3.05, 3.63) is 0 Å². The summed E-state index contributed by atoms with van der Waals surface area (Å²) in [4.78, 5) is 22.7. The summed E-state index contributed by atoms with van der Waals surface area (Å²) in [6.45, 7) is -0.555. The molecule has 0 radical (unpaired) electrons. The summed E-state index contributed by atoms with van der Waals surface area (Å²) in [5, 5.41) is 9.08. The Bertz CT molecular complexity index is 370. The fourth-order valence-corrected chi connectivity index (χ4v) is 2.36. The molecule has 2 rings (SSSR count). The van der Waals surface area contributed by atoms with Crippen molar-refractivity contribution in [2.45, 2.75) is 18.7 Å². The molecule has 2 saturated heterocycles. The van der Waals surface area contributed by atoms with Gasteiger partial charge in [-0.3, -0.25) is 9.59 Å². The number of likely N-dealkylation sites (tertiary alicyclic amines) is 1. The Morgan fingerprint density at radius 1 is 1.41 bits per heavy atom. The molecule has 0 saturated carbocycles.